The second-order valence-corrected chi connectivity index (χ2v) is 8.88. The number of hydrogen-bond acceptors (Lipinski definition) is 22. The molecule has 0 aromatic carbocycles. The van der Waals surface area contributed by atoms with E-state index >= 15 is 0 Å². The molecular formula is C23H46O22. The number of rotatable bonds is 18. The number of Topliss-reactive ketones (excluding diaryl/α,β-unsaturated/α-hetero) is 1. The van der Waals surface area contributed by atoms with Gasteiger partial charge in [0.2, 0.25) is 0 Å². The Morgan fingerprint density at radius 2 is 0.756 bits per heavy atom. The summed E-state index contributed by atoms with van der Waals surface area (Å²) in [6, 6.07) is 0. The molecule has 0 aromatic rings. The van der Waals surface area contributed by atoms with Gasteiger partial charge in [-0.2, -0.15) is 0 Å². The molecular weight excluding hydrogens is 628 g/mol. The summed E-state index contributed by atoms with van der Waals surface area (Å²) in [4.78, 5) is 40.1. The molecule has 0 saturated carbocycles. The zero-order valence-electron chi connectivity index (χ0n) is 23.8. The summed E-state index contributed by atoms with van der Waals surface area (Å²) in [5.41, 5.74) is 0. The first kappa shape index (κ1) is 49.8. The van der Waals surface area contributed by atoms with Crippen LogP contribution in [0.5, 0.6) is 0 Å². The van der Waals surface area contributed by atoms with E-state index in [9.17, 15) is 19.2 Å². The molecule has 22 heteroatoms. The molecule has 22 nitrogen and oxygen atoms in total. The molecule has 0 aromatic heterocycles. The van der Waals surface area contributed by atoms with Crippen molar-refractivity contribution < 1.29 is 111 Å². The smallest absolute Gasteiger partial charge is 0.189 e. The molecule has 270 valence electrons. The molecule has 0 aliphatic carbocycles. The summed E-state index contributed by atoms with van der Waals surface area (Å²) in [6.45, 7) is -1.89. The molecule has 0 aliphatic heterocycles. The minimum Gasteiger partial charge on any atom is -0.394 e. The Labute approximate surface area is 255 Å². The largest absolute Gasteiger partial charge is 0.394 e. The van der Waals surface area contributed by atoms with Gasteiger partial charge in [0.1, 0.15) is 86.0 Å². The molecule has 45 heavy (non-hydrogen) atoms. The van der Waals surface area contributed by atoms with Gasteiger partial charge in [0.25, 0.3) is 0 Å². The van der Waals surface area contributed by atoms with Gasteiger partial charge in [-0.05, 0) is 6.92 Å². The number of hydrogen-bond donors (Lipinski definition) is 18. The van der Waals surface area contributed by atoms with Crippen LogP contribution in [-0.4, -0.2) is 228 Å². The third kappa shape index (κ3) is 21.4. The maximum Gasteiger partial charge on any atom is 0.189 e. The SMILES string of the molecule is CC(O)C(O)C(O)C(O)C=O.O=C(CO)C(O)C(O)C(O)CO.O=CC(O)C(O)C(O)C(O)CO.O=CC(O)C(O)C(O)CO. The molecule has 14 unspecified atom stereocenters. The average Bonchev–Trinajstić information content (AvgIpc) is 3.06. The van der Waals surface area contributed by atoms with E-state index in [0.29, 0.717) is 0 Å². The lowest BCUT2D eigenvalue weighted by Gasteiger charge is -2.22. The van der Waals surface area contributed by atoms with Crippen LogP contribution in [0.1, 0.15) is 6.92 Å². The Bertz CT molecular complexity index is 757. The van der Waals surface area contributed by atoms with Crippen molar-refractivity contribution >= 4 is 24.6 Å². The molecule has 0 heterocycles. The minimum absolute atomic E-state index is 0.0258. The van der Waals surface area contributed by atoms with Crippen LogP contribution < -0.4 is 0 Å². The third-order valence-corrected chi connectivity index (χ3v) is 5.22. The first-order chi connectivity index (χ1) is 20.7. The molecule has 14 atom stereocenters. The van der Waals surface area contributed by atoms with E-state index in [1.807, 2.05) is 0 Å². The summed E-state index contributed by atoms with van der Waals surface area (Å²) in [7, 11) is 0. The number of aldehydes is 3. The Balaban J connectivity index is -0.000000250. The molecule has 0 radical (unpaired) electrons. The Morgan fingerprint density at radius 1 is 0.467 bits per heavy atom. The second-order valence-electron chi connectivity index (χ2n) is 8.88. The van der Waals surface area contributed by atoms with Gasteiger partial charge >= 0.3 is 0 Å². The topological polar surface area (TPSA) is 432 Å². The molecule has 18 N–H and O–H groups in total. The van der Waals surface area contributed by atoms with Gasteiger partial charge in [0.05, 0.1) is 25.9 Å². The predicted molar refractivity (Wildman–Crippen MR) is 141 cm³/mol. The van der Waals surface area contributed by atoms with E-state index in [1.54, 1.807) is 0 Å². The fourth-order valence-corrected chi connectivity index (χ4v) is 2.20. The van der Waals surface area contributed by atoms with Gasteiger partial charge in [0.15, 0.2) is 24.6 Å². The second kappa shape index (κ2) is 28.2. The number of carbonyl (C=O) groups is 4. The standard InChI is InChI=1S/2C6H12O6.C6H12O5.C5H10O5/c2*7-1-3(9)5(11)6(12)4(10)2-8;1-3(8)5(10)6(11)4(9)2-7;6-1-3(8)5(10)4(9)2-7/h3,5-9,11-12H,1-2H2;1,3-6,8-12H,2H2;2-6,8-11H,1H3;1,3-5,7-10H,2H2. The number of aliphatic hydroxyl groups is 18. The van der Waals surface area contributed by atoms with Crippen molar-refractivity contribution in [1.29, 1.82) is 0 Å². The van der Waals surface area contributed by atoms with Crippen LogP contribution in [0.3, 0.4) is 0 Å². The van der Waals surface area contributed by atoms with Crippen LogP contribution >= 0.6 is 0 Å². The van der Waals surface area contributed by atoms with Crippen molar-refractivity contribution in [3.8, 4) is 0 Å². The number of ketones is 1. The first-order valence-corrected chi connectivity index (χ1v) is 12.6. The fraction of sp³-hybridized carbons (Fsp3) is 0.826. The highest BCUT2D eigenvalue weighted by molar-refractivity contribution is 5.84. The molecule has 0 rings (SSSR count). The Hall–Kier alpha value is -2.04. The Morgan fingerprint density at radius 3 is 1.04 bits per heavy atom. The molecule has 0 saturated heterocycles. The highest BCUT2D eigenvalue weighted by Crippen LogP contribution is 2.04. The predicted octanol–water partition coefficient (Wildman–Crippen LogP) is -11.8. The van der Waals surface area contributed by atoms with Crippen molar-refractivity contribution in [2.75, 3.05) is 26.4 Å². The van der Waals surface area contributed by atoms with E-state index < -0.39 is 118 Å². The van der Waals surface area contributed by atoms with Crippen molar-refractivity contribution in [2.24, 2.45) is 0 Å². The highest BCUT2D eigenvalue weighted by atomic mass is 16.4. The summed E-state index contributed by atoms with van der Waals surface area (Å²) in [5.74, 6) is -1.00. The summed E-state index contributed by atoms with van der Waals surface area (Å²) in [5, 5.41) is 156. The van der Waals surface area contributed by atoms with E-state index in [1.165, 1.54) is 6.92 Å². The minimum atomic E-state index is -1.86. The zero-order valence-corrected chi connectivity index (χ0v) is 23.8. The average molecular weight is 675 g/mol. The summed E-state index contributed by atoms with van der Waals surface area (Å²) >= 11 is 0. The lowest BCUT2D eigenvalue weighted by Crippen LogP contribution is -2.46. The van der Waals surface area contributed by atoms with Crippen LogP contribution in [0, 0.1) is 0 Å². The molecule has 0 aliphatic rings. The van der Waals surface area contributed by atoms with Crippen LogP contribution in [0.15, 0.2) is 0 Å². The summed E-state index contributed by atoms with van der Waals surface area (Å²) in [6.07, 6.45) is -22.6. The lowest BCUT2D eigenvalue weighted by molar-refractivity contribution is -0.142. The van der Waals surface area contributed by atoms with E-state index in [2.05, 4.69) is 0 Å². The fourth-order valence-electron chi connectivity index (χ4n) is 2.20. The maximum atomic E-state index is 10.5. The zero-order chi connectivity index (χ0) is 36.6. The van der Waals surface area contributed by atoms with Crippen molar-refractivity contribution in [3.05, 3.63) is 0 Å². The molecule has 0 spiro atoms. The Kier molecular flexibility index (Phi) is 31.2. The normalized spacial score (nSPS) is 20.2. The van der Waals surface area contributed by atoms with E-state index in [4.69, 9.17) is 91.9 Å². The molecule has 0 bridgehead atoms. The van der Waals surface area contributed by atoms with Gasteiger partial charge in [-0.1, -0.05) is 0 Å². The van der Waals surface area contributed by atoms with E-state index in [0.717, 1.165) is 0 Å². The number of aliphatic hydroxyl groups excluding tert-OH is 18. The first-order valence-electron chi connectivity index (χ1n) is 12.6. The highest BCUT2D eigenvalue weighted by Gasteiger charge is 2.30. The lowest BCUT2D eigenvalue weighted by atomic mass is 10.0. The van der Waals surface area contributed by atoms with Crippen molar-refractivity contribution in [2.45, 2.75) is 92.4 Å². The van der Waals surface area contributed by atoms with Crippen LogP contribution in [-0.2, 0) is 19.2 Å². The van der Waals surface area contributed by atoms with Crippen LogP contribution in [0.25, 0.3) is 0 Å². The third-order valence-electron chi connectivity index (χ3n) is 5.22. The molecule has 0 amide bonds. The van der Waals surface area contributed by atoms with Gasteiger partial charge in [-0.15, -0.1) is 0 Å². The molecule has 0 fully saturated rings. The monoisotopic (exact) mass is 674 g/mol. The quantitative estimate of drug-likeness (QED) is 0.0600. The summed E-state index contributed by atoms with van der Waals surface area (Å²) < 4.78 is 0. The van der Waals surface area contributed by atoms with Gasteiger partial charge in [0, 0.05) is 0 Å². The van der Waals surface area contributed by atoms with E-state index in [-0.39, 0.29) is 18.9 Å². The van der Waals surface area contributed by atoms with Gasteiger partial charge in [-0.3, -0.25) is 4.79 Å². The van der Waals surface area contributed by atoms with Crippen LogP contribution in [0.2, 0.25) is 0 Å². The van der Waals surface area contributed by atoms with Gasteiger partial charge in [-0.25, -0.2) is 0 Å². The van der Waals surface area contributed by atoms with Gasteiger partial charge < -0.3 is 106 Å². The van der Waals surface area contributed by atoms with Crippen molar-refractivity contribution in [3.63, 3.8) is 0 Å². The number of carbonyl (C=O) groups excluding carboxylic acids is 4. The van der Waals surface area contributed by atoms with Crippen molar-refractivity contribution in [1.82, 2.24) is 0 Å². The van der Waals surface area contributed by atoms with Crippen LogP contribution in [0.4, 0.5) is 0 Å². The maximum absolute atomic E-state index is 10.5.